The lowest BCUT2D eigenvalue weighted by Crippen LogP contribution is -2.06. The standard InChI is InChI=1S/C10H12N2O3S/c1-6(11)9-4-3-8(16(13,14)15)5-10(9)7(2)12/h3-5H,1-2,11-12H2,(H,13,14,15). The van der Waals surface area contributed by atoms with E-state index in [1.54, 1.807) is 0 Å². The fourth-order valence-corrected chi connectivity index (χ4v) is 1.74. The largest absolute Gasteiger partial charge is 0.399 e. The molecule has 0 aromatic heterocycles. The second-order valence-electron chi connectivity index (χ2n) is 3.23. The average molecular weight is 240 g/mol. The summed E-state index contributed by atoms with van der Waals surface area (Å²) in [6, 6.07) is 3.83. The lowest BCUT2D eigenvalue weighted by Gasteiger charge is -2.10. The van der Waals surface area contributed by atoms with E-state index in [-0.39, 0.29) is 16.3 Å². The summed E-state index contributed by atoms with van der Waals surface area (Å²) < 4.78 is 30.7. The highest BCUT2D eigenvalue weighted by Gasteiger charge is 2.13. The maximum atomic E-state index is 10.9. The van der Waals surface area contributed by atoms with Crippen LogP contribution in [0.5, 0.6) is 0 Å². The molecule has 0 unspecified atom stereocenters. The van der Waals surface area contributed by atoms with Crippen LogP contribution in [0, 0.1) is 0 Å². The van der Waals surface area contributed by atoms with E-state index in [1.165, 1.54) is 18.2 Å². The van der Waals surface area contributed by atoms with Crippen LogP contribution in [0.1, 0.15) is 11.1 Å². The maximum Gasteiger partial charge on any atom is 0.294 e. The van der Waals surface area contributed by atoms with E-state index >= 15 is 0 Å². The van der Waals surface area contributed by atoms with Gasteiger partial charge in [0.2, 0.25) is 0 Å². The van der Waals surface area contributed by atoms with Crippen LogP contribution >= 0.6 is 0 Å². The van der Waals surface area contributed by atoms with Gasteiger partial charge in [-0.2, -0.15) is 8.42 Å². The Morgan fingerprint density at radius 3 is 2.00 bits per heavy atom. The van der Waals surface area contributed by atoms with Crippen LogP contribution in [0.25, 0.3) is 11.4 Å². The van der Waals surface area contributed by atoms with Gasteiger partial charge in [-0.25, -0.2) is 0 Å². The van der Waals surface area contributed by atoms with Crippen molar-refractivity contribution in [3.8, 4) is 0 Å². The molecule has 6 heteroatoms. The molecular formula is C10H12N2O3S. The Morgan fingerprint density at radius 1 is 1.12 bits per heavy atom. The van der Waals surface area contributed by atoms with E-state index in [0.717, 1.165) is 0 Å². The molecule has 0 saturated heterocycles. The Kier molecular flexibility index (Phi) is 3.06. The monoisotopic (exact) mass is 240 g/mol. The number of nitrogens with two attached hydrogens (primary N) is 2. The summed E-state index contributed by atoms with van der Waals surface area (Å²) in [5, 5.41) is 0. The summed E-state index contributed by atoms with van der Waals surface area (Å²) in [4.78, 5) is -0.265. The van der Waals surface area contributed by atoms with Crippen LogP contribution in [0.4, 0.5) is 0 Å². The maximum absolute atomic E-state index is 10.9. The molecule has 0 saturated carbocycles. The van der Waals surface area contributed by atoms with Gasteiger partial charge < -0.3 is 11.5 Å². The molecule has 0 aliphatic rings. The molecule has 16 heavy (non-hydrogen) atoms. The normalized spacial score (nSPS) is 11.1. The van der Waals surface area contributed by atoms with E-state index in [1.807, 2.05) is 0 Å². The Bertz CT molecular complexity index is 561. The predicted molar refractivity (Wildman–Crippen MR) is 62.7 cm³/mol. The Morgan fingerprint density at radius 2 is 1.62 bits per heavy atom. The third-order valence-electron chi connectivity index (χ3n) is 1.98. The first kappa shape index (κ1) is 12.3. The minimum Gasteiger partial charge on any atom is -0.399 e. The lowest BCUT2D eigenvalue weighted by molar-refractivity contribution is 0.483. The first-order chi connectivity index (χ1) is 7.23. The highest BCUT2D eigenvalue weighted by molar-refractivity contribution is 7.85. The third-order valence-corrected chi connectivity index (χ3v) is 2.83. The molecular weight excluding hydrogens is 228 g/mol. The van der Waals surface area contributed by atoms with Crippen molar-refractivity contribution >= 4 is 21.5 Å². The Balaban J connectivity index is 3.52. The molecule has 1 aromatic carbocycles. The fourth-order valence-electron chi connectivity index (χ4n) is 1.23. The first-order valence-corrected chi connectivity index (χ1v) is 5.68. The van der Waals surface area contributed by atoms with Crippen molar-refractivity contribution < 1.29 is 13.0 Å². The summed E-state index contributed by atoms with van der Waals surface area (Å²) in [6.45, 7) is 7.03. The van der Waals surface area contributed by atoms with Crippen molar-refractivity contribution in [3.05, 3.63) is 42.5 Å². The van der Waals surface area contributed by atoms with E-state index in [0.29, 0.717) is 11.1 Å². The topological polar surface area (TPSA) is 106 Å². The smallest absolute Gasteiger partial charge is 0.294 e. The quantitative estimate of drug-likeness (QED) is 0.677. The van der Waals surface area contributed by atoms with Gasteiger partial charge in [-0.3, -0.25) is 4.55 Å². The van der Waals surface area contributed by atoms with E-state index in [2.05, 4.69) is 13.2 Å². The second-order valence-corrected chi connectivity index (χ2v) is 4.65. The third kappa shape index (κ3) is 2.41. The molecule has 0 bridgehead atoms. The van der Waals surface area contributed by atoms with Crippen molar-refractivity contribution in [2.45, 2.75) is 4.90 Å². The Hall–Kier alpha value is -1.79. The van der Waals surface area contributed by atoms with Crippen molar-refractivity contribution in [3.63, 3.8) is 0 Å². The molecule has 0 aliphatic heterocycles. The molecule has 0 aliphatic carbocycles. The zero-order valence-electron chi connectivity index (χ0n) is 8.47. The molecule has 5 nitrogen and oxygen atoms in total. The van der Waals surface area contributed by atoms with Crippen LogP contribution in [0.3, 0.4) is 0 Å². The summed E-state index contributed by atoms with van der Waals surface area (Å²) in [6.07, 6.45) is 0. The molecule has 5 N–H and O–H groups in total. The molecule has 0 amide bonds. The molecule has 1 rings (SSSR count). The molecule has 86 valence electrons. The van der Waals surface area contributed by atoms with Gasteiger partial charge in [0, 0.05) is 22.5 Å². The van der Waals surface area contributed by atoms with Crippen LogP contribution in [-0.2, 0) is 10.1 Å². The second kappa shape index (κ2) is 3.99. The molecule has 0 fully saturated rings. The van der Waals surface area contributed by atoms with Gasteiger partial charge in [0.1, 0.15) is 0 Å². The van der Waals surface area contributed by atoms with Gasteiger partial charge in [0.25, 0.3) is 10.1 Å². The summed E-state index contributed by atoms with van der Waals surface area (Å²) in [5.41, 5.74) is 12.2. The minimum atomic E-state index is -4.27. The summed E-state index contributed by atoms with van der Waals surface area (Å²) >= 11 is 0. The van der Waals surface area contributed by atoms with E-state index < -0.39 is 10.1 Å². The van der Waals surface area contributed by atoms with Crippen molar-refractivity contribution in [1.82, 2.24) is 0 Å². The van der Waals surface area contributed by atoms with Crippen molar-refractivity contribution in [2.75, 3.05) is 0 Å². The highest BCUT2D eigenvalue weighted by Crippen LogP contribution is 2.22. The van der Waals surface area contributed by atoms with Gasteiger partial charge in [-0.1, -0.05) is 19.2 Å². The Labute approximate surface area is 93.8 Å². The SMILES string of the molecule is C=C(N)c1ccc(S(=O)(=O)O)cc1C(=C)N. The summed E-state index contributed by atoms with van der Waals surface area (Å²) in [7, 11) is -4.27. The minimum absolute atomic E-state index is 0.145. The average Bonchev–Trinajstić information content (AvgIpc) is 2.15. The lowest BCUT2D eigenvalue weighted by atomic mass is 10.0. The number of hydrogen-bond donors (Lipinski definition) is 3. The van der Waals surface area contributed by atoms with Gasteiger partial charge in [-0.05, 0) is 12.1 Å². The zero-order chi connectivity index (χ0) is 12.5. The highest BCUT2D eigenvalue weighted by atomic mass is 32.2. The first-order valence-electron chi connectivity index (χ1n) is 4.24. The van der Waals surface area contributed by atoms with Gasteiger partial charge in [-0.15, -0.1) is 0 Å². The molecule has 0 heterocycles. The number of benzene rings is 1. The number of rotatable bonds is 3. The predicted octanol–water partition coefficient (Wildman–Crippen LogP) is 0.792. The fraction of sp³-hybridized carbons (Fsp3) is 0. The van der Waals surface area contributed by atoms with Gasteiger partial charge >= 0.3 is 0 Å². The van der Waals surface area contributed by atoms with Crippen LogP contribution in [0.2, 0.25) is 0 Å². The van der Waals surface area contributed by atoms with E-state index in [4.69, 9.17) is 16.0 Å². The zero-order valence-corrected chi connectivity index (χ0v) is 9.29. The molecule has 0 spiro atoms. The molecule has 0 radical (unpaired) electrons. The van der Waals surface area contributed by atoms with Gasteiger partial charge in [0.15, 0.2) is 0 Å². The van der Waals surface area contributed by atoms with Crippen LogP contribution < -0.4 is 11.5 Å². The molecule has 0 atom stereocenters. The van der Waals surface area contributed by atoms with Crippen molar-refractivity contribution in [1.29, 1.82) is 0 Å². The van der Waals surface area contributed by atoms with Crippen LogP contribution in [0.15, 0.2) is 36.3 Å². The van der Waals surface area contributed by atoms with E-state index in [9.17, 15) is 8.42 Å². The van der Waals surface area contributed by atoms with Crippen LogP contribution in [-0.4, -0.2) is 13.0 Å². The van der Waals surface area contributed by atoms with Gasteiger partial charge in [0.05, 0.1) is 4.90 Å². The molecule has 1 aromatic rings. The number of hydrogen-bond acceptors (Lipinski definition) is 4. The van der Waals surface area contributed by atoms with Crippen molar-refractivity contribution in [2.24, 2.45) is 11.5 Å². The summed E-state index contributed by atoms with van der Waals surface area (Å²) in [5.74, 6) is 0.